The maximum atomic E-state index is 11.3. The molecule has 0 aliphatic carbocycles. The van der Waals surface area contributed by atoms with Gasteiger partial charge in [-0.1, -0.05) is 6.07 Å². The van der Waals surface area contributed by atoms with Crippen molar-refractivity contribution in [2.45, 2.75) is 19.0 Å². The quantitative estimate of drug-likeness (QED) is 0.678. The van der Waals surface area contributed by atoms with Crippen LogP contribution in [0.25, 0.3) is 0 Å². The molecule has 0 bridgehead atoms. The van der Waals surface area contributed by atoms with Gasteiger partial charge in [0, 0.05) is 26.3 Å². The number of hydrogen-bond donors (Lipinski definition) is 3. The smallest absolute Gasteiger partial charge is 0.262 e. The Labute approximate surface area is 118 Å². The number of aliphatic hydroxyl groups is 1. The molecule has 0 aromatic heterocycles. The number of carbonyl (C=O) groups excluding carboxylic acids is 1. The normalized spacial score (nSPS) is 15.2. The van der Waals surface area contributed by atoms with Crippen LogP contribution in [0.3, 0.4) is 0 Å². The fraction of sp³-hybridized carbons (Fsp3) is 0.500. The van der Waals surface area contributed by atoms with E-state index in [1.807, 2.05) is 18.2 Å². The zero-order valence-corrected chi connectivity index (χ0v) is 11.5. The van der Waals surface area contributed by atoms with Crippen molar-refractivity contribution in [3.63, 3.8) is 0 Å². The number of hydrogen-bond acceptors (Lipinski definition) is 5. The van der Waals surface area contributed by atoms with Crippen molar-refractivity contribution in [2.24, 2.45) is 0 Å². The number of amides is 1. The standard InChI is InChI=1S/C14H20N2O4/c1-19-8-11(4-5-17)15-7-10-2-3-13-12(6-10)16-14(18)9-20-13/h2-3,6,11,15,17H,4-5,7-9H2,1H3,(H,16,18). The van der Waals surface area contributed by atoms with E-state index in [9.17, 15) is 4.79 Å². The first-order valence-electron chi connectivity index (χ1n) is 6.61. The largest absolute Gasteiger partial charge is 0.482 e. The molecule has 0 spiro atoms. The molecule has 0 radical (unpaired) electrons. The second kappa shape index (κ2) is 7.23. The summed E-state index contributed by atoms with van der Waals surface area (Å²) in [6.07, 6.45) is 0.638. The highest BCUT2D eigenvalue weighted by atomic mass is 16.5. The number of ether oxygens (including phenoxy) is 2. The second-order valence-electron chi connectivity index (χ2n) is 4.71. The van der Waals surface area contributed by atoms with Crippen LogP contribution < -0.4 is 15.4 Å². The molecule has 1 aliphatic heterocycles. The zero-order chi connectivity index (χ0) is 14.4. The third-order valence-corrected chi connectivity index (χ3v) is 3.12. The summed E-state index contributed by atoms with van der Waals surface area (Å²) >= 11 is 0. The van der Waals surface area contributed by atoms with E-state index in [2.05, 4.69) is 10.6 Å². The SMILES string of the molecule is COCC(CCO)NCc1ccc2c(c1)NC(=O)CO2. The van der Waals surface area contributed by atoms with Crippen molar-refractivity contribution in [1.82, 2.24) is 5.32 Å². The number of aliphatic hydroxyl groups excluding tert-OH is 1. The lowest BCUT2D eigenvalue weighted by atomic mass is 10.1. The van der Waals surface area contributed by atoms with Crippen LogP contribution in [0.15, 0.2) is 18.2 Å². The molecule has 1 amide bonds. The van der Waals surface area contributed by atoms with Crippen molar-refractivity contribution in [3.05, 3.63) is 23.8 Å². The molecular formula is C14H20N2O4. The van der Waals surface area contributed by atoms with Gasteiger partial charge in [0.2, 0.25) is 0 Å². The Kier molecular flexibility index (Phi) is 5.34. The molecule has 1 aromatic rings. The van der Waals surface area contributed by atoms with Crippen LogP contribution in [0.2, 0.25) is 0 Å². The van der Waals surface area contributed by atoms with Gasteiger partial charge in [-0.25, -0.2) is 0 Å². The Morgan fingerprint density at radius 3 is 3.15 bits per heavy atom. The second-order valence-corrected chi connectivity index (χ2v) is 4.71. The van der Waals surface area contributed by atoms with E-state index in [4.69, 9.17) is 14.6 Å². The number of nitrogens with one attached hydrogen (secondary N) is 2. The fourth-order valence-electron chi connectivity index (χ4n) is 2.10. The van der Waals surface area contributed by atoms with Gasteiger partial charge in [-0.15, -0.1) is 0 Å². The van der Waals surface area contributed by atoms with Gasteiger partial charge >= 0.3 is 0 Å². The molecule has 6 nitrogen and oxygen atoms in total. The van der Waals surface area contributed by atoms with Gasteiger partial charge in [0.25, 0.3) is 5.91 Å². The average molecular weight is 280 g/mol. The maximum Gasteiger partial charge on any atom is 0.262 e. The number of anilines is 1. The summed E-state index contributed by atoms with van der Waals surface area (Å²) in [4.78, 5) is 11.3. The summed E-state index contributed by atoms with van der Waals surface area (Å²) in [5, 5.41) is 15.1. The molecule has 20 heavy (non-hydrogen) atoms. The lowest BCUT2D eigenvalue weighted by Crippen LogP contribution is -2.33. The molecule has 2 rings (SSSR count). The Morgan fingerprint density at radius 2 is 2.40 bits per heavy atom. The predicted octanol–water partition coefficient (Wildman–Crippen LogP) is 0.504. The van der Waals surface area contributed by atoms with Crippen LogP contribution >= 0.6 is 0 Å². The van der Waals surface area contributed by atoms with Gasteiger partial charge < -0.3 is 25.2 Å². The molecule has 1 atom stereocenters. The molecule has 0 saturated heterocycles. The number of benzene rings is 1. The minimum absolute atomic E-state index is 0.0665. The Hall–Kier alpha value is -1.63. The van der Waals surface area contributed by atoms with Crippen molar-refractivity contribution < 1.29 is 19.4 Å². The number of rotatable bonds is 7. The highest BCUT2D eigenvalue weighted by molar-refractivity contribution is 5.95. The lowest BCUT2D eigenvalue weighted by molar-refractivity contribution is -0.118. The van der Waals surface area contributed by atoms with E-state index in [0.29, 0.717) is 31.0 Å². The van der Waals surface area contributed by atoms with Gasteiger partial charge in [0.15, 0.2) is 6.61 Å². The Morgan fingerprint density at radius 1 is 1.55 bits per heavy atom. The zero-order valence-electron chi connectivity index (χ0n) is 11.5. The van der Waals surface area contributed by atoms with E-state index in [1.54, 1.807) is 7.11 Å². The highest BCUT2D eigenvalue weighted by Crippen LogP contribution is 2.28. The molecule has 0 fully saturated rings. The third-order valence-electron chi connectivity index (χ3n) is 3.12. The monoisotopic (exact) mass is 280 g/mol. The predicted molar refractivity (Wildman–Crippen MR) is 74.8 cm³/mol. The Balaban J connectivity index is 1.96. The van der Waals surface area contributed by atoms with Crippen molar-refractivity contribution in [2.75, 3.05) is 32.2 Å². The Bertz CT molecular complexity index is 458. The first-order valence-corrected chi connectivity index (χ1v) is 6.61. The van der Waals surface area contributed by atoms with Gasteiger partial charge in [0.1, 0.15) is 5.75 Å². The molecule has 6 heteroatoms. The highest BCUT2D eigenvalue weighted by Gasteiger charge is 2.16. The maximum absolute atomic E-state index is 11.3. The summed E-state index contributed by atoms with van der Waals surface area (Å²) in [7, 11) is 1.64. The number of carbonyl (C=O) groups is 1. The van der Waals surface area contributed by atoms with Crippen LogP contribution in [-0.4, -0.2) is 44.0 Å². The van der Waals surface area contributed by atoms with E-state index < -0.39 is 0 Å². The molecular weight excluding hydrogens is 260 g/mol. The molecule has 1 unspecified atom stereocenters. The van der Waals surface area contributed by atoms with Gasteiger partial charge in [-0.2, -0.15) is 0 Å². The fourth-order valence-corrected chi connectivity index (χ4v) is 2.10. The summed E-state index contributed by atoms with van der Waals surface area (Å²) < 4.78 is 10.4. The molecule has 1 aliphatic rings. The van der Waals surface area contributed by atoms with Crippen LogP contribution in [0.4, 0.5) is 5.69 Å². The number of fused-ring (bicyclic) bond motifs is 1. The topological polar surface area (TPSA) is 79.8 Å². The van der Waals surface area contributed by atoms with Gasteiger partial charge in [-0.05, 0) is 24.1 Å². The minimum atomic E-state index is -0.139. The van der Waals surface area contributed by atoms with Gasteiger partial charge in [-0.3, -0.25) is 4.79 Å². The van der Waals surface area contributed by atoms with Crippen LogP contribution in [-0.2, 0) is 16.1 Å². The first-order chi connectivity index (χ1) is 9.72. The number of methoxy groups -OCH3 is 1. The first kappa shape index (κ1) is 14.8. The molecule has 3 N–H and O–H groups in total. The molecule has 1 heterocycles. The third kappa shape index (κ3) is 3.93. The average Bonchev–Trinajstić information content (AvgIpc) is 2.44. The summed E-state index contributed by atoms with van der Waals surface area (Å²) in [6, 6.07) is 5.80. The van der Waals surface area contributed by atoms with Crippen LogP contribution in [0, 0.1) is 0 Å². The van der Waals surface area contributed by atoms with E-state index in [-0.39, 0.29) is 25.2 Å². The van der Waals surface area contributed by atoms with Crippen molar-refractivity contribution in [3.8, 4) is 5.75 Å². The van der Waals surface area contributed by atoms with Crippen molar-refractivity contribution >= 4 is 11.6 Å². The van der Waals surface area contributed by atoms with E-state index in [0.717, 1.165) is 5.56 Å². The van der Waals surface area contributed by atoms with Crippen LogP contribution in [0.1, 0.15) is 12.0 Å². The molecule has 110 valence electrons. The van der Waals surface area contributed by atoms with E-state index >= 15 is 0 Å². The minimum Gasteiger partial charge on any atom is -0.482 e. The molecule has 1 aromatic carbocycles. The summed E-state index contributed by atoms with van der Waals surface area (Å²) in [5.74, 6) is 0.553. The molecule has 0 saturated carbocycles. The lowest BCUT2D eigenvalue weighted by Gasteiger charge is -2.20. The van der Waals surface area contributed by atoms with Gasteiger partial charge in [0.05, 0.1) is 12.3 Å². The summed E-state index contributed by atoms with van der Waals surface area (Å²) in [5.41, 5.74) is 1.74. The van der Waals surface area contributed by atoms with Crippen molar-refractivity contribution in [1.29, 1.82) is 0 Å². The van der Waals surface area contributed by atoms with E-state index in [1.165, 1.54) is 0 Å². The van der Waals surface area contributed by atoms with Crippen LogP contribution in [0.5, 0.6) is 5.75 Å². The summed E-state index contributed by atoms with van der Waals surface area (Å²) in [6.45, 7) is 1.37.